The lowest BCUT2D eigenvalue weighted by Gasteiger charge is -2.15. The van der Waals surface area contributed by atoms with Gasteiger partial charge in [0, 0.05) is 6.42 Å². The lowest BCUT2D eigenvalue weighted by Crippen LogP contribution is -2.35. The van der Waals surface area contributed by atoms with Crippen molar-refractivity contribution in [1.82, 2.24) is 0 Å². The third kappa shape index (κ3) is 8.45. The number of aliphatic hydroxyl groups is 1. The number of hydrogen-bond acceptors (Lipinski definition) is 8. The molecular formula is C13H20O9S. The minimum absolute atomic E-state index is 0.0679. The van der Waals surface area contributed by atoms with Gasteiger partial charge in [-0.15, -0.1) is 13.2 Å². The number of esters is 1. The standard InChI is InChI=1S/C13H20O9S/c1-4-7-9(5-2)21-22-13(16)10(23(17,18)19)8-12(15)20-11(14)6-3/h4-5,9-11,14H,1-2,6-8H2,3H3,(H,17,18,19). The maximum absolute atomic E-state index is 11.7. The molecule has 0 radical (unpaired) electrons. The molecule has 0 spiro atoms. The zero-order chi connectivity index (χ0) is 18.0. The molecule has 0 aliphatic heterocycles. The van der Waals surface area contributed by atoms with Gasteiger partial charge in [-0.2, -0.15) is 13.3 Å². The summed E-state index contributed by atoms with van der Waals surface area (Å²) < 4.78 is 35.8. The van der Waals surface area contributed by atoms with Gasteiger partial charge >= 0.3 is 11.9 Å². The molecule has 3 atom stereocenters. The molecule has 9 nitrogen and oxygen atoms in total. The molecule has 0 aromatic rings. The van der Waals surface area contributed by atoms with Crippen molar-refractivity contribution in [3.63, 3.8) is 0 Å². The third-order valence-electron chi connectivity index (χ3n) is 2.51. The van der Waals surface area contributed by atoms with Crippen LogP contribution in [0.25, 0.3) is 0 Å². The fraction of sp³-hybridized carbons (Fsp3) is 0.538. The first kappa shape index (κ1) is 21.2. The minimum atomic E-state index is -4.95. The second-order valence-corrected chi connectivity index (χ2v) is 5.96. The van der Waals surface area contributed by atoms with Crippen LogP contribution >= 0.6 is 0 Å². The van der Waals surface area contributed by atoms with Gasteiger partial charge in [-0.25, -0.2) is 4.79 Å². The van der Waals surface area contributed by atoms with Crippen LogP contribution in [0.1, 0.15) is 26.2 Å². The molecule has 0 amide bonds. The fourth-order valence-corrected chi connectivity index (χ4v) is 1.88. The lowest BCUT2D eigenvalue weighted by molar-refractivity contribution is -0.288. The van der Waals surface area contributed by atoms with E-state index in [0.29, 0.717) is 0 Å². The van der Waals surface area contributed by atoms with Crippen LogP contribution in [-0.2, 0) is 34.2 Å². The van der Waals surface area contributed by atoms with Crippen LogP contribution in [0.15, 0.2) is 25.3 Å². The third-order valence-corrected chi connectivity index (χ3v) is 3.59. The summed E-state index contributed by atoms with van der Waals surface area (Å²) in [7, 11) is -4.95. The second-order valence-electron chi connectivity index (χ2n) is 4.36. The van der Waals surface area contributed by atoms with Gasteiger partial charge in [0.25, 0.3) is 10.1 Å². The average molecular weight is 352 g/mol. The number of hydrogen-bond donors (Lipinski definition) is 2. The second kappa shape index (κ2) is 10.1. The maximum Gasteiger partial charge on any atom is 0.363 e. The molecule has 0 saturated carbocycles. The van der Waals surface area contributed by atoms with Crippen molar-refractivity contribution >= 4 is 22.1 Å². The van der Waals surface area contributed by atoms with Crippen molar-refractivity contribution in [3.05, 3.63) is 25.3 Å². The Balaban J connectivity index is 4.85. The monoisotopic (exact) mass is 352 g/mol. The Morgan fingerprint density at radius 3 is 2.35 bits per heavy atom. The van der Waals surface area contributed by atoms with Crippen LogP contribution in [0.5, 0.6) is 0 Å². The first-order valence-electron chi connectivity index (χ1n) is 6.60. The maximum atomic E-state index is 11.7. The zero-order valence-electron chi connectivity index (χ0n) is 12.6. The van der Waals surface area contributed by atoms with E-state index in [2.05, 4.69) is 27.7 Å². The van der Waals surface area contributed by atoms with Gasteiger partial charge in [0.1, 0.15) is 6.10 Å². The van der Waals surface area contributed by atoms with Crippen LogP contribution in [0.2, 0.25) is 0 Å². The lowest BCUT2D eigenvalue weighted by atomic mass is 10.2. The zero-order valence-corrected chi connectivity index (χ0v) is 13.4. The largest absolute Gasteiger partial charge is 0.436 e. The van der Waals surface area contributed by atoms with E-state index in [0.717, 1.165) is 0 Å². The van der Waals surface area contributed by atoms with Crippen LogP contribution in [0.4, 0.5) is 0 Å². The molecular weight excluding hydrogens is 332 g/mol. The van der Waals surface area contributed by atoms with Crippen LogP contribution in [0, 0.1) is 0 Å². The van der Waals surface area contributed by atoms with E-state index in [1.807, 2.05) is 0 Å². The molecule has 2 N–H and O–H groups in total. The van der Waals surface area contributed by atoms with Crippen molar-refractivity contribution in [2.75, 3.05) is 0 Å². The van der Waals surface area contributed by atoms with Crippen molar-refractivity contribution in [2.24, 2.45) is 0 Å². The van der Waals surface area contributed by atoms with Crippen molar-refractivity contribution in [2.45, 2.75) is 43.8 Å². The summed E-state index contributed by atoms with van der Waals surface area (Å²) in [5, 5.41) is 6.89. The molecule has 0 bridgehead atoms. The molecule has 0 aliphatic rings. The van der Waals surface area contributed by atoms with E-state index in [1.54, 1.807) is 0 Å². The summed E-state index contributed by atoms with van der Waals surface area (Å²) in [4.78, 5) is 32.1. The molecule has 23 heavy (non-hydrogen) atoms. The van der Waals surface area contributed by atoms with Crippen LogP contribution in [-0.4, -0.2) is 47.7 Å². The molecule has 0 aliphatic carbocycles. The smallest absolute Gasteiger partial charge is 0.363 e. The summed E-state index contributed by atoms with van der Waals surface area (Å²) in [6, 6.07) is 0. The Morgan fingerprint density at radius 1 is 1.30 bits per heavy atom. The highest BCUT2D eigenvalue weighted by Crippen LogP contribution is 2.11. The van der Waals surface area contributed by atoms with E-state index in [4.69, 9.17) is 9.66 Å². The normalized spacial score (nSPS) is 15.1. The van der Waals surface area contributed by atoms with Gasteiger partial charge in [-0.05, 0) is 6.42 Å². The summed E-state index contributed by atoms with van der Waals surface area (Å²) in [5.74, 6) is -2.71. The molecule has 0 aromatic heterocycles. The summed E-state index contributed by atoms with van der Waals surface area (Å²) >= 11 is 0. The Hall–Kier alpha value is -1.75. The molecule has 0 heterocycles. The van der Waals surface area contributed by atoms with Gasteiger partial charge < -0.3 is 9.84 Å². The van der Waals surface area contributed by atoms with Crippen LogP contribution < -0.4 is 0 Å². The van der Waals surface area contributed by atoms with E-state index < -0.39 is 46.1 Å². The first-order valence-corrected chi connectivity index (χ1v) is 8.10. The van der Waals surface area contributed by atoms with Crippen LogP contribution in [0.3, 0.4) is 0 Å². The number of carbonyl (C=O) groups excluding carboxylic acids is 2. The Kier molecular flexibility index (Phi) is 9.34. The van der Waals surface area contributed by atoms with Crippen molar-refractivity contribution < 1.29 is 42.2 Å². The molecule has 0 saturated heterocycles. The highest BCUT2D eigenvalue weighted by atomic mass is 32.2. The molecule has 3 unspecified atom stereocenters. The number of aliphatic hydroxyl groups excluding tert-OH is 1. The first-order chi connectivity index (χ1) is 10.6. The van der Waals surface area contributed by atoms with Gasteiger partial charge in [-0.1, -0.05) is 19.1 Å². The topological polar surface area (TPSA) is 136 Å². The fourth-order valence-electron chi connectivity index (χ4n) is 1.25. The SMILES string of the molecule is C=CCC(C=C)OOC(=O)C(CC(=O)OC(O)CC)S(=O)(=O)O. The number of rotatable bonds is 11. The van der Waals surface area contributed by atoms with Crippen molar-refractivity contribution in [3.8, 4) is 0 Å². The molecule has 0 aromatic carbocycles. The minimum Gasteiger partial charge on any atom is -0.436 e. The highest BCUT2D eigenvalue weighted by Gasteiger charge is 2.37. The van der Waals surface area contributed by atoms with E-state index in [9.17, 15) is 18.0 Å². The van der Waals surface area contributed by atoms with Gasteiger partial charge in [0.15, 0.2) is 11.5 Å². The quantitative estimate of drug-likeness (QED) is 0.136. The summed E-state index contributed by atoms with van der Waals surface area (Å²) in [6.07, 6.45) is -0.232. The molecule has 10 heteroatoms. The Labute approximate surface area is 134 Å². The number of ether oxygens (including phenoxy) is 1. The van der Waals surface area contributed by atoms with Gasteiger partial charge in [0.05, 0.1) is 6.42 Å². The van der Waals surface area contributed by atoms with Gasteiger partial charge in [0.2, 0.25) is 0 Å². The number of carbonyl (C=O) groups is 2. The Bertz CT molecular complexity index is 526. The van der Waals surface area contributed by atoms with E-state index in [-0.39, 0.29) is 12.8 Å². The highest BCUT2D eigenvalue weighted by molar-refractivity contribution is 7.87. The molecule has 0 fully saturated rings. The predicted octanol–water partition coefficient (Wildman–Crippen LogP) is 0.510. The van der Waals surface area contributed by atoms with Gasteiger partial charge in [-0.3, -0.25) is 14.2 Å². The Morgan fingerprint density at radius 2 is 1.91 bits per heavy atom. The molecule has 132 valence electrons. The van der Waals surface area contributed by atoms with Crippen molar-refractivity contribution in [1.29, 1.82) is 0 Å². The van der Waals surface area contributed by atoms with E-state index in [1.165, 1.54) is 19.1 Å². The predicted molar refractivity (Wildman–Crippen MR) is 78.3 cm³/mol. The van der Waals surface area contributed by atoms with E-state index >= 15 is 0 Å². The average Bonchev–Trinajstić information content (AvgIpc) is 2.47. The molecule has 0 rings (SSSR count). The summed E-state index contributed by atoms with van der Waals surface area (Å²) in [5.41, 5.74) is 0. The summed E-state index contributed by atoms with van der Waals surface area (Å²) in [6.45, 7) is 8.35.